The Morgan fingerprint density at radius 3 is 2.32 bits per heavy atom. The van der Waals surface area contributed by atoms with Crippen molar-refractivity contribution in [2.75, 3.05) is 14.2 Å². The standard InChI is InChI=1S/C17H21NO7/c1-23-16(21)13(10-14(19)17(22)24-2)8-9-15(20)18-25-11-12-6-4-3-5-7-12/h3-7,13H,8-11H2,1-2H3,(H,18,20). The Labute approximate surface area is 145 Å². The number of benzene rings is 1. The average molecular weight is 351 g/mol. The van der Waals surface area contributed by atoms with Gasteiger partial charge in [0.25, 0.3) is 0 Å². The van der Waals surface area contributed by atoms with Gasteiger partial charge in [0.2, 0.25) is 11.7 Å². The van der Waals surface area contributed by atoms with Crippen LogP contribution in [-0.2, 0) is 40.1 Å². The first kappa shape index (κ1) is 20.3. The minimum atomic E-state index is -1.04. The number of methoxy groups -OCH3 is 2. The number of ether oxygens (including phenoxy) is 2. The molecule has 0 aromatic heterocycles. The van der Waals surface area contributed by atoms with E-state index >= 15 is 0 Å². The number of carbonyl (C=O) groups is 4. The lowest BCUT2D eigenvalue weighted by Crippen LogP contribution is -2.28. The number of hydrogen-bond acceptors (Lipinski definition) is 7. The molecule has 1 aromatic rings. The molecule has 136 valence electrons. The van der Waals surface area contributed by atoms with Gasteiger partial charge in [-0.3, -0.25) is 19.2 Å². The van der Waals surface area contributed by atoms with Gasteiger partial charge in [-0.2, -0.15) is 0 Å². The van der Waals surface area contributed by atoms with E-state index in [9.17, 15) is 19.2 Å². The fourth-order valence-corrected chi connectivity index (χ4v) is 2.02. The molecule has 0 fully saturated rings. The summed E-state index contributed by atoms with van der Waals surface area (Å²) in [4.78, 5) is 51.2. The van der Waals surface area contributed by atoms with Crippen molar-refractivity contribution in [3.05, 3.63) is 35.9 Å². The highest BCUT2D eigenvalue weighted by Gasteiger charge is 2.27. The first-order chi connectivity index (χ1) is 12.0. The monoisotopic (exact) mass is 351 g/mol. The summed E-state index contributed by atoms with van der Waals surface area (Å²) >= 11 is 0. The highest BCUT2D eigenvalue weighted by molar-refractivity contribution is 6.33. The summed E-state index contributed by atoms with van der Waals surface area (Å²) < 4.78 is 8.90. The quantitative estimate of drug-likeness (QED) is 0.379. The van der Waals surface area contributed by atoms with Crippen molar-refractivity contribution >= 4 is 23.6 Å². The van der Waals surface area contributed by atoms with Gasteiger partial charge in [0, 0.05) is 12.8 Å². The fourth-order valence-electron chi connectivity index (χ4n) is 2.02. The number of carbonyl (C=O) groups excluding carboxylic acids is 4. The second-order valence-electron chi connectivity index (χ2n) is 5.18. The van der Waals surface area contributed by atoms with E-state index in [0.717, 1.165) is 12.7 Å². The Bertz CT molecular complexity index is 600. The molecule has 1 amide bonds. The fraction of sp³-hybridized carbons (Fsp3) is 0.412. The molecule has 0 saturated heterocycles. The third-order valence-corrected chi connectivity index (χ3v) is 3.37. The van der Waals surface area contributed by atoms with Crippen molar-refractivity contribution in [1.82, 2.24) is 5.48 Å². The summed E-state index contributed by atoms with van der Waals surface area (Å²) in [5.74, 6) is -3.91. The Kier molecular flexibility index (Phi) is 8.87. The third kappa shape index (κ3) is 7.58. The maximum atomic E-state index is 11.8. The second kappa shape index (κ2) is 10.9. The van der Waals surface area contributed by atoms with Crippen molar-refractivity contribution in [1.29, 1.82) is 0 Å². The maximum absolute atomic E-state index is 11.8. The molecule has 0 bridgehead atoms. The van der Waals surface area contributed by atoms with Gasteiger partial charge in [-0.1, -0.05) is 30.3 Å². The number of nitrogens with one attached hydrogen (secondary N) is 1. The van der Waals surface area contributed by atoms with Gasteiger partial charge in [-0.25, -0.2) is 10.3 Å². The maximum Gasteiger partial charge on any atom is 0.374 e. The zero-order valence-electron chi connectivity index (χ0n) is 14.2. The minimum Gasteiger partial charge on any atom is -0.469 e. The molecule has 0 saturated carbocycles. The summed E-state index contributed by atoms with van der Waals surface area (Å²) in [5.41, 5.74) is 3.15. The van der Waals surface area contributed by atoms with Crippen LogP contribution in [0.5, 0.6) is 0 Å². The normalized spacial score (nSPS) is 11.3. The molecule has 0 heterocycles. The molecule has 1 N–H and O–H groups in total. The third-order valence-electron chi connectivity index (χ3n) is 3.37. The summed E-state index contributed by atoms with van der Waals surface area (Å²) in [5, 5.41) is 0. The molecule has 1 atom stereocenters. The smallest absolute Gasteiger partial charge is 0.374 e. The van der Waals surface area contributed by atoms with Gasteiger partial charge >= 0.3 is 11.9 Å². The molecule has 8 nitrogen and oxygen atoms in total. The predicted molar refractivity (Wildman–Crippen MR) is 85.8 cm³/mol. The lowest BCUT2D eigenvalue weighted by Gasteiger charge is -2.13. The average Bonchev–Trinajstić information content (AvgIpc) is 2.64. The first-order valence-electron chi connectivity index (χ1n) is 7.61. The Morgan fingerprint density at radius 1 is 1.04 bits per heavy atom. The van der Waals surface area contributed by atoms with Crippen LogP contribution in [-0.4, -0.2) is 37.8 Å². The molecule has 8 heteroatoms. The van der Waals surface area contributed by atoms with Crippen molar-refractivity contribution in [2.24, 2.45) is 5.92 Å². The highest BCUT2D eigenvalue weighted by Crippen LogP contribution is 2.14. The molecule has 25 heavy (non-hydrogen) atoms. The number of hydrogen-bond donors (Lipinski definition) is 1. The van der Waals surface area contributed by atoms with Crippen LogP contribution in [0.3, 0.4) is 0 Å². The number of Topliss-reactive ketones (excluding diaryl/α,β-unsaturated/α-hetero) is 1. The van der Waals surface area contributed by atoms with E-state index in [1.165, 1.54) is 7.11 Å². The second-order valence-corrected chi connectivity index (χ2v) is 5.18. The molecule has 1 unspecified atom stereocenters. The molecule has 0 aliphatic rings. The van der Waals surface area contributed by atoms with Crippen LogP contribution in [0.1, 0.15) is 24.8 Å². The van der Waals surface area contributed by atoms with E-state index < -0.39 is 29.5 Å². The van der Waals surface area contributed by atoms with Crippen LogP contribution >= 0.6 is 0 Å². The summed E-state index contributed by atoms with van der Waals surface area (Å²) in [6, 6.07) is 9.25. The van der Waals surface area contributed by atoms with E-state index in [1.807, 2.05) is 30.3 Å². The van der Waals surface area contributed by atoms with Gasteiger partial charge in [0.15, 0.2) is 0 Å². The Morgan fingerprint density at radius 2 is 1.72 bits per heavy atom. The highest BCUT2D eigenvalue weighted by atomic mass is 16.6. The molecule has 0 aliphatic carbocycles. The van der Waals surface area contributed by atoms with E-state index in [-0.39, 0.29) is 25.9 Å². The number of rotatable bonds is 10. The van der Waals surface area contributed by atoms with E-state index in [2.05, 4.69) is 15.0 Å². The van der Waals surface area contributed by atoms with Crippen LogP contribution in [0, 0.1) is 5.92 Å². The zero-order valence-corrected chi connectivity index (χ0v) is 14.2. The molecule has 0 spiro atoms. The number of hydroxylamine groups is 1. The van der Waals surface area contributed by atoms with Crippen LogP contribution < -0.4 is 5.48 Å². The van der Waals surface area contributed by atoms with Gasteiger partial charge in [-0.05, 0) is 12.0 Å². The lowest BCUT2D eigenvalue weighted by atomic mass is 9.97. The summed E-state index contributed by atoms with van der Waals surface area (Å²) in [6.45, 7) is 0.202. The van der Waals surface area contributed by atoms with E-state index in [4.69, 9.17) is 4.84 Å². The Hall–Kier alpha value is -2.74. The van der Waals surface area contributed by atoms with Gasteiger partial charge < -0.3 is 9.47 Å². The largest absolute Gasteiger partial charge is 0.469 e. The first-order valence-corrected chi connectivity index (χ1v) is 7.61. The SMILES string of the molecule is COC(=O)C(=O)CC(CCC(=O)NOCc1ccccc1)C(=O)OC. The molecule has 0 aliphatic heterocycles. The number of ketones is 1. The molecule has 0 radical (unpaired) electrons. The van der Waals surface area contributed by atoms with Gasteiger partial charge in [-0.15, -0.1) is 0 Å². The molecule has 1 aromatic carbocycles. The van der Waals surface area contributed by atoms with Crippen LogP contribution in [0.2, 0.25) is 0 Å². The van der Waals surface area contributed by atoms with E-state index in [0.29, 0.717) is 0 Å². The van der Waals surface area contributed by atoms with Crippen LogP contribution in [0.25, 0.3) is 0 Å². The molecular formula is C17H21NO7. The van der Waals surface area contributed by atoms with Crippen molar-refractivity contribution in [2.45, 2.75) is 25.9 Å². The summed E-state index contributed by atoms with van der Waals surface area (Å²) in [6.07, 6.45) is -0.406. The zero-order chi connectivity index (χ0) is 18.7. The summed E-state index contributed by atoms with van der Waals surface area (Å²) in [7, 11) is 2.24. The minimum absolute atomic E-state index is 0.0376. The van der Waals surface area contributed by atoms with E-state index in [1.54, 1.807) is 0 Å². The molecular weight excluding hydrogens is 330 g/mol. The van der Waals surface area contributed by atoms with Crippen molar-refractivity contribution in [3.8, 4) is 0 Å². The molecule has 1 rings (SSSR count). The lowest BCUT2D eigenvalue weighted by molar-refractivity contribution is -0.154. The Balaban J connectivity index is 2.41. The van der Waals surface area contributed by atoms with Crippen LogP contribution in [0.4, 0.5) is 0 Å². The van der Waals surface area contributed by atoms with Crippen molar-refractivity contribution in [3.63, 3.8) is 0 Å². The topological polar surface area (TPSA) is 108 Å². The number of esters is 2. The number of amides is 1. The van der Waals surface area contributed by atoms with Gasteiger partial charge in [0.05, 0.1) is 26.7 Å². The van der Waals surface area contributed by atoms with Crippen molar-refractivity contribution < 1.29 is 33.5 Å². The predicted octanol–water partition coefficient (Wildman–Crippen LogP) is 0.936. The van der Waals surface area contributed by atoms with Crippen LogP contribution in [0.15, 0.2) is 30.3 Å². The van der Waals surface area contributed by atoms with Gasteiger partial charge in [0.1, 0.15) is 0 Å².